The summed E-state index contributed by atoms with van der Waals surface area (Å²) in [6, 6.07) is 18.8. The van der Waals surface area contributed by atoms with Gasteiger partial charge in [-0.05, 0) is 48.5 Å². The number of benzene rings is 2. The molecule has 0 saturated heterocycles. The Balaban J connectivity index is 1.40. The average Bonchev–Trinajstić information content (AvgIpc) is 3.16. The summed E-state index contributed by atoms with van der Waals surface area (Å²) < 4.78 is 1.36. The number of hydrogen-bond donors (Lipinski definition) is 2. The van der Waals surface area contributed by atoms with Gasteiger partial charge in [-0.2, -0.15) is 0 Å². The smallest absolute Gasteiger partial charge is 0.234 e. The molecular formula is C21H17ClN6OS2. The van der Waals surface area contributed by atoms with Gasteiger partial charge in [0.1, 0.15) is 0 Å². The highest BCUT2D eigenvalue weighted by Gasteiger charge is 2.15. The van der Waals surface area contributed by atoms with Crippen molar-refractivity contribution in [3.63, 3.8) is 0 Å². The molecule has 2 aromatic carbocycles. The molecule has 0 fully saturated rings. The van der Waals surface area contributed by atoms with E-state index in [9.17, 15) is 4.79 Å². The Morgan fingerprint density at radius 2 is 1.87 bits per heavy atom. The van der Waals surface area contributed by atoms with Crippen LogP contribution in [0.3, 0.4) is 0 Å². The van der Waals surface area contributed by atoms with Crippen LogP contribution in [0.5, 0.6) is 0 Å². The monoisotopic (exact) mass is 468 g/mol. The van der Waals surface area contributed by atoms with Crippen LogP contribution in [0.2, 0.25) is 5.02 Å². The highest BCUT2D eigenvalue weighted by molar-refractivity contribution is 8.00. The minimum atomic E-state index is -0.167. The Morgan fingerprint density at radius 3 is 2.65 bits per heavy atom. The first-order chi connectivity index (χ1) is 15.1. The van der Waals surface area contributed by atoms with Gasteiger partial charge in [-0.1, -0.05) is 47.3 Å². The number of rotatable bonds is 7. The molecule has 2 heterocycles. The molecule has 0 aliphatic rings. The minimum Gasteiger partial charge on any atom is -0.335 e. The van der Waals surface area contributed by atoms with Gasteiger partial charge in [0.25, 0.3) is 0 Å². The van der Waals surface area contributed by atoms with Crippen molar-refractivity contribution >= 4 is 46.7 Å². The Labute approximate surface area is 192 Å². The second-order valence-electron chi connectivity index (χ2n) is 6.31. The summed E-state index contributed by atoms with van der Waals surface area (Å²) in [5.41, 5.74) is 1.49. The molecule has 31 heavy (non-hydrogen) atoms. The van der Waals surface area contributed by atoms with Crippen LogP contribution in [0.4, 0.5) is 5.69 Å². The van der Waals surface area contributed by atoms with Gasteiger partial charge in [0.2, 0.25) is 11.1 Å². The number of para-hydroxylation sites is 1. The fourth-order valence-corrected chi connectivity index (χ4v) is 4.36. The molecule has 0 bridgehead atoms. The molecule has 0 aliphatic heterocycles. The van der Waals surface area contributed by atoms with E-state index in [4.69, 9.17) is 17.4 Å². The van der Waals surface area contributed by atoms with Gasteiger partial charge < -0.3 is 11.2 Å². The second kappa shape index (κ2) is 9.86. The number of nitrogens with two attached hydrogens (primary N) is 1. The molecule has 10 heteroatoms. The van der Waals surface area contributed by atoms with Gasteiger partial charge in [-0.3, -0.25) is 9.78 Å². The zero-order valence-corrected chi connectivity index (χ0v) is 18.5. The summed E-state index contributed by atoms with van der Waals surface area (Å²) in [4.78, 5) is 18.6. The molecule has 1 amide bonds. The molecule has 0 unspecified atom stereocenters. The third-order valence-electron chi connectivity index (χ3n) is 4.12. The van der Waals surface area contributed by atoms with E-state index in [1.807, 2.05) is 54.6 Å². The number of hydrogen-bond acceptors (Lipinski definition) is 7. The summed E-state index contributed by atoms with van der Waals surface area (Å²) in [6.45, 7) is 0. The van der Waals surface area contributed by atoms with Crippen LogP contribution >= 0.6 is 35.1 Å². The highest BCUT2D eigenvalue weighted by atomic mass is 35.5. The van der Waals surface area contributed by atoms with Crippen molar-refractivity contribution in [3.05, 3.63) is 78.1 Å². The van der Waals surface area contributed by atoms with E-state index < -0.39 is 0 Å². The Kier molecular flexibility index (Phi) is 6.76. The molecule has 4 rings (SSSR count). The number of aromatic nitrogens is 4. The molecule has 2 aromatic heterocycles. The van der Waals surface area contributed by atoms with E-state index in [2.05, 4.69) is 20.5 Å². The Hall–Kier alpha value is -3.01. The Morgan fingerprint density at radius 1 is 1.06 bits per heavy atom. The van der Waals surface area contributed by atoms with Crippen molar-refractivity contribution < 1.29 is 4.79 Å². The van der Waals surface area contributed by atoms with Crippen molar-refractivity contribution in [2.45, 2.75) is 14.9 Å². The second-order valence-corrected chi connectivity index (χ2v) is 8.80. The number of nitrogens with one attached hydrogen (secondary N) is 1. The average molecular weight is 469 g/mol. The van der Waals surface area contributed by atoms with Gasteiger partial charge in [0, 0.05) is 32.8 Å². The number of nitrogen functional groups attached to an aromatic ring is 1. The molecule has 0 spiro atoms. The van der Waals surface area contributed by atoms with Crippen molar-refractivity contribution in [2.24, 2.45) is 0 Å². The molecule has 0 atom stereocenters. The van der Waals surface area contributed by atoms with Crippen LogP contribution in [0.15, 0.2) is 88.0 Å². The zero-order valence-electron chi connectivity index (χ0n) is 16.1. The fraction of sp³-hybridized carbons (Fsp3) is 0.0476. The van der Waals surface area contributed by atoms with Crippen LogP contribution in [0, 0.1) is 0 Å². The standard InChI is InChI=1S/C21H17ClN6OS2/c22-15-7-9-16(10-8-15)31-18-6-2-1-5-17(18)25-19(29)13-30-21-27-26-20(28(21)23)14-4-3-11-24-12-14/h1-12H,13,23H2,(H,25,29). The normalized spacial score (nSPS) is 10.7. The maximum atomic E-state index is 12.6. The van der Waals surface area contributed by atoms with Gasteiger partial charge in [-0.15, -0.1) is 10.2 Å². The first-order valence-corrected chi connectivity index (χ1v) is 11.3. The van der Waals surface area contributed by atoms with E-state index >= 15 is 0 Å². The molecule has 4 aromatic rings. The largest absolute Gasteiger partial charge is 0.335 e. The summed E-state index contributed by atoms with van der Waals surface area (Å²) in [7, 11) is 0. The predicted molar refractivity (Wildman–Crippen MR) is 125 cm³/mol. The van der Waals surface area contributed by atoms with Gasteiger partial charge >= 0.3 is 0 Å². The van der Waals surface area contributed by atoms with Crippen LogP contribution in [0.1, 0.15) is 0 Å². The summed E-state index contributed by atoms with van der Waals surface area (Å²) in [6.07, 6.45) is 3.33. The molecule has 0 saturated carbocycles. The third-order valence-corrected chi connectivity index (χ3v) is 6.40. The summed E-state index contributed by atoms with van der Waals surface area (Å²) in [5.74, 6) is 6.55. The summed E-state index contributed by atoms with van der Waals surface area (Å²) in [5, 5.41) is 12.3. The third kappa shape index (κ3) is 5.38. The van der Waals surface area contributed by atoms with Crippen LogP contribution < -0.4 is 11.2 Å². The van der Waals surface area contributed by atoms with Crippen molar-refractivity contribution in [1.82, 2.24) is 19.9 Å². The lowest BCUT2D eigenvalue weighted by Gasteiger charge is -2.11. The van der Waals surface area contributed by atoms with Gasteiger partial charge in [-0.25, -0.2) is 4.68 Å². The number of carbonyl (C=O) groups is 1. The molecular weight excluding hydrogens is 452 g/mol. The molecule has 156 valence electrons. The lowest BCUT2D eigenvalue weighted by molar-refractivity contribution is -0.113. The number of halogens is 1. The first-order valence-electron chi connectivity index (χ1n) is 9.16. The van der Waals surface area contributed by atoms with Gasteiger partial charge in [0.05, 0.1) is 11.4 Å². The first kappa shape index (κ1) is 21.2. The van der Waals surface area contributed by atoms with E-state index in [1.165, 1.54) is 16.4 Å². The fourth-order valence-electron chi connectivity index (χ4n) is 2.67. The SMILES string of the molecule is Nn1c(SCC(=O)Nc2ccccc2Sc2ccc(Cl)cc2)nnc1-c1cccnc1. The summed E-state index contributed by atoms with van der Waals surface area (Å²) >= 11 is 8.72. The lowest BCUT2D eigenvalue weighted by Crippen LogP contribution is -2.16. The maximum Gasteiger partial charge on any atom is 0.234 e. The van der Waals surface area contributed by atoms with Gasteiger partial charge in [0.15, 0.2) is 5.82 Å². The number of amides is 1. The van der Waals surface area contributed by atoms with Crippen LogP contribution in [-0.2, 0) is 4.79 Å². The number of nitrogens with zero attached hydrogens (tertiary/aromatic N) is 4. The number of pyridine rings is 1. The number of anilines is 1. The lowest BCUT2D eigenvalue weighted by atomic mass is 10.3. The van der Waals surface area contributed by atoms with Crippen LogP contribution in [0.25, 0.3) is 11.4 Å². The van der Waals surface area contributed by atoms with Crippen molar-refractivity contribution in [1.29, 1.82) is 0 Å². The predicted octanol–water partition coefficient (Wildman–Crippen LogP) is 4.59. The number of carbonyl (C=O) groups excluding carboxylic acids is 1. The topological polar surface area (TPSA) is 98.7 Å². The molecule has 0 aliphatic carbocycles. The van der Waals surface area contributed by atoms with Crippen molar-refractivity contribution in [2.75, 3.05) is 16.9 Å². The molecule has 7 nitrogen and oxygen atoms in total. The van der Waals surface area contributed by atoms with E-state index in [-0.39, 0.29) is 11.7 Å². The maximum absolute atomic E-state index is 12.6. The van der Waals surface area contributed by atoms with E-state index in [0.29, 0.717) is 16.0 Å². The quantitative estimate of drug-likeness (QED) is 0.302. The zero-order chi connectivity index (χ0) is 21.6. The van der Waals surface area contributed by atoms with E-state index in [1.54, 1.807) is 30.2 Å². The van der Waals surface area contributed by atoms with Crippen LogP contribution in [-0.4, -0.2) is 31.5 Å². The Bertz CT molecular complexity index is 1180. The molecule has 3 N–H and O–H groups in total. The van der Waals surface area contributed by atoms with Crippen molar-refractivity contribution in [3.8, 4) is 11.4 Å². The number of thioether (sulfide) groups is 1. The van der Waals surface area contributed by atoms with E-state index in [0.717, 1.165) is 21.0 Å². The molecule has 0 radical (unpaired) electrons. The minimum absolute atomic E-state index is 0.141. The highest BCUT2D eigenvalue weighted by Crippen LogP contribution is 2.34.